The summed E-state index contributed by atoms with van der Waals surface area (Å²) < 4.78 is 8.06. The zero-order valence-electron chi connectivity index (χ0n) is 3.62. The van der Waals surface area contributed by atoms with Crippen molar-refractivity contribution >= 4 is 27.5 Å². The van der Waals surface area contributed by atoms with Gasteiger partial charge in [0.2, 0.25) is 0 Å². The Kier molecular flexibility index (Phi) is 2310. The summed E-state index contributed by atoms with van der Waals surface area (Å²) in [4.78, 5) is 0. The van der Waals surface area contributed by atoms with Gasteiger partial charge >= 0.3 is 71.0 Å². The van der Waals surface area contributed by atoms with Crippen LogP contribution >= 0.6 is 0 Å². The Labute approximate surface area is 87.0 Å². The van der Waals surface area contributed by atoms with Crippen molar-refractivity contribution in [1.29, 1.82) is 0 Å². The Bertz CT molecular complexity index is 16.0. The third kappa shape index (κ3) is 122. The van der Waals surface area contributed by atoms with Crippen LogP contribution in [0.25, 0.3) is 0 Å². The largest absolute Gasteiger partial charge is 4.00 e. The maximum Gasteiger partial charge on any atom is 4.00 e. The smallest absolute Gasteiger partial charge is 2.00 e. The average Bonchev–Trinajstić information content (AvgIpc) is 1.00. The van der Waals surface area contributed by atoms with Gasteiger partial charge in [0.05, 0.1) is 0 Å². The molecule has 0 aliphatic rings. The molecular weight excluding hydrogens is 219 g/mol. The fourth-order valence-electron chi connectivity index (χ4n) is 0. The molecule has 0 rings (SSSR count). The molecule has 0 saturated carbocycles. The fourth-order valence-corrected chi connectivity index (χ4v) is 0. The van der Waals surface area contributed by atoms with E-state index in [-0.39, 0.29) is 72.9 Å². The van der Waals surface area contributed by atoms with Crippen LogP contribution in [0.3, 0.4) is 0 Å². The summed E-state index contributed by atoms with van der Waals surface area (Å²) in [6, 6.07) is 0. The molecule has 0 N–H and O–H groups in total. The van der Waals surface area contributed by atoms with Crippen LogP contribution in [0, 0.1) is 0 Å². The molecule has 8 heavy (non-hydrogen) atoms. The van der Waals surface area contributed by atoms with E-state index in [1.807, 2.05) is 0 Å². The van der Waals surface area contributed by atoms with Gasteiger partial charge in [0, 0.05) is 0 Å². The first-order valence-corrected chi connectivity index (χ1v) is 0.612. The maximum atomic E-state index is 8.06. The van der Waals surface area contributed by atoms with Gasteiger partial charge in [0.1, 0.15) is 0 Å². The molecule has 1 radical (unpaired) electrons. The van der Waals surface area contributed by atoms with Gasteiger partial charge in [0.25, 0.3) is 0 Å². The predicted octanol–water partition coefficient (Wildman–Crippen LogP) is -1.24. The van der Waals surface area contributed by atoms with E-state index in [0.717, 1.165) is 0 Å². The van der Waals surface area contributed by atoms with E-state index in [1.54, 1.807) is 10.1 Å². The summed E-state index contributed by atoms with van der Waals surface area (Å²) in [6.07, 6.45) is 0. The number of rotatable bonds is 0. The molecule has 0 unspecified atom stereocenters. The van der Waals surface area contributed by atoms with Crippen molar-refractivity contribution in [3.05, 3.63) is 0 Å². The van der Waals surface area contributed by atoms with Crippen LogP contribution in [0.15, 0.2) is 0 Å². The minimum absolute atomic E-state index is 0. The Hall–Kier alpha value is 1.68. The molecule has 0 aliphatic carbocycles. The third-order valence-corrected chi connectivity index (χ3v) is 0. The molecule has 35 valence electrons. The van der Waals surface area contributed by atoms with Gasteiger partial charge in [-0.2, -0.15) is 0 Å². The zero-order chi connectivity index (χ0) is 2.00. The van der Waals surface area contributed by atoms with E-state index in [2.05, 4.69) is 0 Å². The molecule has 4 nitrogen and oxygen atoms in total. The molecule has 0 aromatic rings. The first kappa shape index (κ1) is 102. The van der Waals surface area contributed by atoms with Gasteiger partial charge in [-0.05, 0) is 0 Å². The van der Waals surface area contributed by atoms with Crippen molar-refractivity contribution in [2.45, 2.75) is 0 Å². The Morgan fingerprint density at radius 3 is 0.875 bits per heavy atom. The summed E-state index contributed by atoms with van der Waals surface area (Å²) in [5.41, 5.74) is 0. The average molecular weight is 219 g/mol. The SMILES string of the molecule is O=[Si+2].[Al+3].[Cr+3].[O-2].[O-2].[O-2].[Ti+4]. The van der Waals surface area contributed by atoms with Crippen LogP contribution in [0.4, 0.5) is 0 Å². The first-order chi connectivity index (χ1) is 1.00. The summed E-state index contributed by atoms with van der Waals surface area (Å²) in [7, 11) is 1.72. The standard InChI is InChI=1S/Al.Cr.OSi.3O.Ti/c;;1-2;;;;/q2*+3;+2;3*-2;+4. The first-order valence-electron chi connectivity index (χ1n) is 0.204. The van der Waals surface area contributed by atoms with E-state index in [1.165, 1.54) is 0 Å². The molecular formula is AlCrO4SiTi+6. The minimum Gasteiger partial charge on any atom is -2.00 e. The van der Waals surface area contributed by atoms with Gasteiger partial charge < -0.3 is 16.4 Å². The second kappa shape index (κ2) is 182. The summed E-state index contributed by atoms with van der Waals surface area (Å²) in [6.45, 7) is 0. The van der Waals surface area contributed by atoms with E-state index < -0.39 is 0 Å². The maximum absolute atomic E-state index is 8.06. The number of hydrogen-bond acceptors (Lipinski definition) is 1. The molecule has 0 fully saturated rings. The van der Waals surface area contributed by atoms with Gasteiger partial charge in [0.15, 0.2) is 0 Å². The summed E-state index contributed by atoms with van der Waals surface area (Å²) in [5, 5.41) is 0. The van der Waals surface area contributed by atoms with E-state index in [0.29, 0.717) is 0 Å². The van der Waals surface area contributed by atoms with Gasteiger partial charge in [-0.3, -0.25) is 0 Å². The van der Waals surface area contributed by atoms with Crippen molar-refractivity contribution in [3.63, 3.8) is 0 Å². The second-order valence-electron chi connectivity index (χ2n) is 0. The Morgan fingerprint density at radius 2 is 0.875 bits per heavy atom. The third-order valence-electron chi connectivity index (χ3n) is 0. The normalized spacial score (nSPS) is 0.750. The van der Waals surface area contributed by atoms with Crippen LogP contribution in [0.1, 0.15) is 0 Å². The molecule has 0 heterocycles. The van der Waals surface area contributed by atoms with Crippen molar-refractivity contribution in [2.24, 2.45) is 0 Å². The van der Waals surface area contributed by atoms with Gasteiger partial charge in [-0.25, -0.2) is 0 Å². The van der Waals surface area contributed by atoms with Crippen LogP contribution in [0.5, 0.6) is 0 Å². The second-order valence-corrected chi connectivity index (χ2v) is 0. The molecule has 0 aromatic heterocycles. The van der Waals surface area contributed by atoms with Crippen molar-refractivity contribution < 1.29 is 60.0 Å². The monoisotopic (exact) mass is 219 g/mol. The van der Waals surface area contributed by atoms with Crippen molar-refractivity contribution in [1.82, 2.24) is 0 Å². The molecule has 0 spiro atoms. The van der Waals surface area contributed by atoms with Gasteiger partial charge in [-0.1, -0.05) is 0 Å². The molecule has 0 aromatic carbocycles. The quantitative estimate of drug-likeness (QED) is 0.467. The minimum atomic E-state index is 0. The molecule has 0 atom stereocenters. The van der Waals surface area contributed by atoms with Crippen molar-refractivity contribution in [2.75, 3.05) is 0 Å². The molecule has 0 saturated heterocycles. The van der Waals surface area contributed by atoms with Crippen LogP contribution in [-0.4, -0.2) is 27.5 Å². The Balaban J connectivity index is -0.000000000333. The van der Waals surface area contributed by atoms with Crippen LogP contribution < -0.4 is 0 Å². The molecule has 0 aliphatic heterocycles. The predicted molar refractivity (Wildman–Crippen MR) is 14.3 cm³/mol. The van der Waals surface area contributed by atoms with Crippen LogP contribution in [-0.2, 0) is 60.0 Å². The summed E-state index contributed by atoms with van der Waals surface area (Å²) >= 11 is 0. The van der Waals surface area contributed by atoms with E-state index in [4.69, 9.17) is 4.46 Å². The topological polar surface area (TPSA) is 103 Å². The van der Waals surface area contributed by atoms with Gasteiger partial charge in [-0.15, -0.1) is 0 Å². The van der Waals surface area contributed by atoms with Crippen LogP contribution in [0.2, 0.25) is 0 Å². The molecule has 0 bridgehead atoms. The molecule has 8 heteroatoms. The fraction of sp³-hybridized carbons (Fsp3) is 0. The zero-order valence-corrected chi connectivity index (χ0v) is 8.61. The number of hydrogen-bond donors (Lipinski definition) is 0. The summed E-state index contributed by atoms with van der Waals surface area (Å²) in [5.74, 6) is 0. The molecule has 0 amide bonds. The van der Waals surface area contributed by atoms with Crippen molar-refractivity contribution in [3.8, 4) is 0 Å². The van der Waals surface area contributed by atoms with E-state index >= 15 is 0 Å². The van der Waals surface area contributed by atoms with E-state index in [9.17, 15) is 0 Å². The Morgan fingerprint density at radius 1 is 0.875 bits per heavy atom.